The number of pyridine rings is 1. The smallest absolute Gasteiger partial charge is 0.225 e. The Morgan fingerprint density at radius 3 is 3.10 bits per heavy atom. The molecule has 0 radical (unpaired) electrons. The molecule has 0 bridgehead atoms. The van der Waals surface area contributed by atoms with E-state index < -0.39 is 0 Å². The van der Waals surface area contributed by atoms with Crippen LogP contribution in [-0.4, -0.2) is 30.0 Å². The number of carbonyl (C=O) groups excluding carboxylic acids is 1. The molecule has 108 valence electrons. The molecule has 2 unspecified atom stereocenters. The van der Waals surface area contributed by atoms with Crippen molar-refractivity contribution in [3.63, 3.8) is 0 Å². The first-order valence-corrected chi connectivity index (χ1v) is 7.42. The summed E-state index contributed by atoms with van der Waals surface area (Å²) in [6.45, 7) is 1.71. The normalized spacial score (nSPS) is 25.0. The maximum Gasteiger partial charge on any atom is 0.225 e. The van der Waals surface area contributed by atoms with Gasteiger partial charge in [-0.1, -0.05) is 0 Å². The maximum atomic E-state index is 11.9. The number of piperidine rings is 1. The van der Waals surface area contributed by atoms with Crippen molar-refractivity contribution in [2.45, 2.75) is 18.9 Å². The van der Waals surface area contributed by atoms with Gasteiger partial charge in [-0.3, -0.25) is 9.78 Å². The molecule has 2 fully saturated rings. The van der Waals surface area contributed by atoms with Crippen molar-refractivity contribution in [2.75, 3.05) is 23.7 Å². The third-order valence-corrected chi connectivity index (χ3v) is 4.74. The van der Waals surface area contributed by atoms with Crippen molar-refractivity contribution in [3.8, 4) is 0 Å². The molecule has 4 rings (SSSR count). The van der Waals surface area contributed by atoms with Crippen molar-refractivity contribution >= 4 is 28.1 Å². The topological polar surface area (TPSA) is 71.2 Å². The molecule has 0 saturated carbocycles. The van der Waals surface area contributed by atoms with Gasteiger partial charge in [0.1, 0.15) is 0 Å². The molecular weight excluding hydrogens is 264 g/mol. The Bertz CT molecular complexity index is 714. The fraction of sp³-hybridized carbons (Fsp3) is 0.375. The lowest BCUT2D eigenvalue weighted by molar-refractivity contribution is -0.122. The van der Waals surface area contributed by atoms with Crippen LogP contribution < -0.4 is 16.0 Å². The van der Waals surface area contributed by atoms with Gasteiger partial charge in [-0.05, 0) is 31.0 Å². The highest BCUT2D eigenvalue weighted by Crippen LogP contribution is 2.36. The van der Waals surface area contributed by atoms with E-state index in [2.05, 4.69) is 21.3 Å². The van der Waals surface area contributed by atoms with Crippen LogP contribution >= 0.6 is 0 Å². The van der Waals surface area contributed by atoms with Gasteiger partial charge >= 0.3 is 0 Å². The number of amides is 1. The zero-order valence-corrected chi connectivity index (χ0v) is 11.7. The summed E-state index contributed by atoms with van der Waals surface area (Å²) >= 11 is 0. The van der Waals surface area contributed by atoms with Gasteiger partial charge in [0.05, 0.1) is 12.0 Å². The average Bonchev–Trinajstić information content (AvgIpc) is 2.90. The molecule has 0 aliphatic carbocycles. The number of nitrogens with one attached hydrogen (secondary N) is 1. The van der Waals surface area contributed by atoms with Crippen LogP contribution in [0.3, 0.4) is 0 Å². The van der Waals surface area contributed by atoms with E-state index in [1.165, 1.54) is 0 Å². The number of nitrogen functional groups attached to an aromatic ring is 1. The van der Waals surface area contributed by atoms with Crippen LogP contribution in [0.4, 0.5) is 11.4 Å². The number of anilines is 2. The van der Waals surface area contributed by atoms with Crippen LogP contribution in [0.25, 0.3) is 10.8 Å². The Hall–Kier alpha value is -2.30. The summed E-state index contributed by atoms with van der Waals surface area (Å²) in [6.07, 6.45) is 5.66. The van der Waals surface area contributed by atoms with Gasteiger partial charge in [0.25, 0.3) is 0 Å². The van der Waals surface area contributed by atoms with Crippen molar-refractivity contribution < 1.29 is 4.79 Å². The lowest BCUT2D eigenvalue weighted by atomic mass is 9.90. The minimum absolute atomic E-state index is 0.114. The minimum Gasteiger partial charge on any atom is -0.398 e. The third kappa shape index (κ3) is 1.84. The van der Waals surface area contributed by atoms with Crippen molar-refractivity contribution in [1.29, 1.82) is 0 Å². The Morgan fingerprint density at radius 1 is 1.29 bits per heavy atom. The third-order valence-electron chi connectivity index (χ3n) is 4.74. The van der Waals surface area contributed by atoms with Gasteiger partial charge in [-0.15, -0.1) is 0 Å². The number of hydrogen-bond acceptors (Lipinski definition) is 4. The van der Waals surface area contributed by atoms with Gasteiger partial charge in [-0.2, -0.15) is 0 Å². The highest BCUT2D eigenvalue weighted by Gasteiger charge is 2.41. The van der Waals surface area contributed by atoms with Gasteiger partial charge in [0, 0.05) is 47.6 Å². The lowest BCUT2D eigenvalue weighted by Crippen LogP contribution is -2.45. The molecule has 5 nitrogen and oxygen atoms in total. The fourth-order valence-corrected chi connectivity index (χ4v) is 3.70. The molecule has 0 spiro atoms. The first-order valence-electron chi connectivity index (χ1n) is 7.42. The predicted octanol–water partition coefficient (Wildman–Crippen LogP) is 1.53. The number of benzene rings is 1. The Balaban J connectivity index is 1.83. The zero-order valence-electron chi connectivity index (χ0n) is 11.7. The number of fused-ring (bicyclic) bond motifs is 2. The number of nitrogens with two attached hydrogens (primary N) is 1. The molecule has 3 heterocycles. The second kappa shape index (κ2) is 4.62. The van der Waals surface area contributed by atoms with E-state index >= 15 is 0 Å². The van der Waals surface area contributed by atoms with E-state index in [0.29, 0.717) is 0 Å². The molecule has 2 atom stereocenters. The average molecular weight is 282 g/mol. The zero-order chi connectivity index (χ0) is 14.4. The number of aromatic nitrogens is 1. The molecule has 2 saturated heterocycles. The molecule has 1 amide bonds. The largest absolute Gasteiger partial charge is 0.398 e. The summed E-state index contributed by atoms with van der Waals surface area (Å²) in [5, 5.41) is 5.10. The van der Waals surface area contributed by atoms with E-state index in [0.717, 1.165) is 48.1 Å². The highest BCUT2D eigenvalue weighted by atomic mass is 16.2. The molecule has 21 heavy (non-hydrogen) atoms. The molecule has 2 aromatic rings. The van der Waals surface area contributed by atoms with E-state index in [9.17, 15) is 4.79 Å². The molecule has 2 aliphatic heterocycles. The molecule has 1 aromatic heterocycles. The monoisotopic (exact) mass is 282 g/mol. The standard InChI is InChI=1S/C16H18N4O/c17-13-3-4-14(12-8-18-6-5-10(12)13)20-7-1-2-11-15(20)9-19-16(11)21/h3-6,8,11,15H,1-2,7,9,17H2,(H,19,21). The maximum absolute atomic E-state index is 11.9. The van der Waals surface area contributed by atoms with Crippen LogP contribution in [0, 0.1) is 5.92 Å². The Kier molecular flexibility index (Phi) is 2.74. The van der Waals surface area contributed by atoms with Gasteiger partial charge in [-0.25, -0.2) is 0 Å². The summed E-state index contributed by atoms with van der Waals surface area (Å²) in [5.74, 6) is 0.311. The van der Waals surface area contributed by atoms with Crippen LogP contribution in [0.5, 0.6) is 0 Å². The Labute approximate surface area is 123 Å². The summed E-state index contributed by atoms with van der Waals surface area (Å²) in [6, 6.07) is 6.21. The number of carbonyl (C=O) groups is 1. The van der Waals surface area contributed by atoms with E-state index in [4.69, 9.17) is 5.73 Å². The van der Waals surface area contributed by atoms with E-state index in [1.54, 1.807) is 6.20 Å². The number of nitrogens with zero attached hydrogens (tertiary/aromatic N) is 2. The minimum atomic E-state index is 0.114. The van der Waals surface area contributed by atoms with Crippen LogP contribution in [0.15, 0.2) is 30.6 Å². The second-order valence-electron chi connectivity index (χ2n) is 5.85. The number of rotatable bonds is 1. The van der Waals surface area contributed by atoms with Crippen molar-refractivity contribution in [2.24, 2.45) is 5.92 Å². The highest BCUT2D eigenvalue weighted by molar-refractivity contribution is 6.01. The van der Waals surface area contributed by atoms with E-state index in [1.807, 2.05) is 18.3 Å². The SMILES string of the molecule is Nc1ccc(N2CCCC3C(=O)NCC32)c2cnccc12. The first-order chi connectivity index (χ1) is 10.3. The summed E-state index contributed by atoms with van der Waals surface area (Å²) in [7, 11) is 0. The van der Waals surface area contributed by atoms with Gasteiger partial charge < -0.3 is 16.0 Å². The van der Waals surface area contributed by atoms with Crippen LogP contribution in [0.1, 0.15) is 12.8 Å². The first kappa shape index (κ1) is 12.4. The molecule has 3 N–H and O–H groups in total. The van der Waals surface area contributed by atoms with Gasteiger partial charge in [0.2, 0.25) is 5.91 Å². The molecular formula is C16H18N4O. The van der Waals surface area contributed by atoms with E-state index in [-0.39, 0.29) is 17.9 Å². The van der Waals surface area contributed by atoms with Crippen molar-refractivity contribution in [3.05, 3.63) is 30.6 Å². The van der Waals surface area contributed by atoms with Gasteiger partial charge in [0.15, 0.2) is 0 Å². The quantitative estimate of drug-likeness (QED) is 0.778. The summed E-state index contributed by atoms with van der Waals surface area (Å²) in [5.41, 5.74) is 7.98. The molecule has 2 aliphatic rings. The van der Waals surface area contributed by atoms with Crippen LogP contribution in [0.2, 0.25) is 0 Å². The lowest BCUT2D eigenvalue weighted by Gasteiger charge is -2.38. The summed E-state index contributed by atoms with van der Waals surface area (Å²) < 4.78 is 0. The fourth-order valence-electron chi connectivity index (χ4n) is 3.70. The number of hydrogen-bond donors (Lipinski definition) is 2. The summed E-state index contributed by atoms with van der Waals surface area (Å²) in [4.78, 5) is 18.5. The Morgan fingerprint density at radius 2 is 2.19 bits per heavy atom. The van der Waals surface area contributed by atoms with Crippen molar-refractivity contribution in [1.82, 2.24) is 10.3 Å². The van der Waals surface area contributed by atoms with Crippen LogP contribution in [-0.2, 0) is 4.79 Å². The molecule has 1 aromatic carbocycles. The second-order valence-corrected chi connectivity index (χ2v) is 5.85. The molecule has 5 heteroatoms. The predicted molar refractivity (Wildman–Crippen MR) is 83.0 cm³/mol.